The van der Waals surface area contributed by atoms with E-state index in [2.05, 4.69) is 43.0 Å². The van der Waals surface area contributed by atoms with Crippen LogP contribution in [0.4, 0.5) is 0 Å². The van der Waals surface area contributed by atoms with Gasteiger partial charge in [-0.15, -0.1) is 0 Å². The van der Waals surface area contributed by atoms with Crippen molar-refractivity contribution < 1.29 is 0 Å². The molecule has 0 bridgehead atoms. The molecule has 1 rings (SSSR count). The molecule has 0 aromatic rings. The molecule has 0 radical (unpaired) electrons. The molecule has 0 saturated heterocycles. The molecule has 0 N–H and O–H groups in total. The van der Waals surface area contributed by atoms with E-state index in [0.29, 0.717) is 0 Å². The Labute approximate surface area is 118 Å². The molecule has 1 heteroatoms. The standard InChI is InChI=1S/C13H16S.2C2H6/c1-3-8-12(9-4-2)14-13-10-6-5-7-11-13;2*1-2/h3-4,6,8-11H,1,5,7H2,2H3;2*1-2H3/p+1/b9-4-,12-8+;;. The van der Waals surface area contributed by atoms with Crippen LogP contribution in [0.1, 0.15) is 47.5 Å². The van der Waals surface area contributed by atoms with Crippen molar-refractivity contribution in [2.45, 2.75) is 47.5 Å². The van der Waals surface area contributed by atoms with Gasteiger partial charge in [0.15, 0.2) is 9.81 Å². The van der Waals surface area contributed by atoms with Gasteiger partial charge in [-0.2, -0.15) is 0 Å². The minimum Gasteiger partial charge on any atom is -0.0989 e. The second-order valence-corrected chi connectivity index (χ2v) is 4.30. The van der Waals surface area contributed by atoms with Crippen molar-refractivity contribution in [3.63, 3.8) is 0 Å². The molecule has 0 aromatic carbocycles. The minimum absolute atomic E-state index is 1.18. The number of allylic oxidation sites excluding steroid dienone is 7. The quantitative estimate of drug-likeness (QED) is 0.346. The van der Waals surface area contributed by atoms with Crippen LogP contribution in [-0.4, -0.2) is 0 Å². The van der Waals surface area contributed by atoms with E-state index >= 15 is 0 Å². The predicted octanol–water partition coefficient (Wildman–Crippen LogP) is 5.73. The first-order valence-corrected chi connectivity index (χ1v) is 7.80. The highest BCUT2D eigenvalue weighted by atomic mass is 32.2. The lowest BCUT2D eigenvalue weighted by atomic mass is 10.2. The van der Waals surface area contributed by atoms with Gasteiger partial charge in [-0.3, -0.25) is 0 Å². The molecule has 0 amide bonds. The SMILES string of the molecule is C=C/C=C(\C=C/C)[SH+]C1=CCCC=C1.CC.CC. The molecule has 0 heterocycles. The van der Waals surface area contributed by atoms with Crippen molar-refractivity contribution in [2.24, 2.45) is 0 Å². The lowest BCUT2D eigenvalue weighted by Gasteiger charge is -1.98. The van der Waals surface area contributed by atoms with Crippen LogP contribution in [0.25, 0.3) is 0 Å². The zero-order chi connectivity index (χ0) is 14.2. The highest BCUT2D eigenvalue weighted by Crippen LogP contribution is 2.16. The third-order valence-corrected chi connectivity index (χ3v) is 3.01. The van der Waals surface area contributed by atoms with Crippen molar-refractivity contribution in [1.29, 1.82) is 0 Å². The van der Waals surface area contributed by atoms with Gasteiger partial charge < -0.3 is 0 Å². The van der Waals surface area contributed by atoms with Crippen LogP contribution in [0.5, 0.6) is 0 Å². The number of rotatable bonds is 4. The molecule has 0 spiro atoms. The Balaban J connectivity index is 0. The Morgan fingerprint density at radius 2 is 1.89 bits per heavy atom. The van der Waals surface area contributed by atoms with Gasteiger partial charge in [0.1, 0.15) is 0 Å². The summed E-state index contributed by atoms with van der Waals surface area (Å²) < 4.78 is 0. The van der Waals surface area contributed by atoms with Crippen LogP contribution < -0.4 is 0 Å². The van der Waals surface area contributed by atoms with Crippen LogP contribution in [0.15, 0.2) is 58.9 Å². The van der Waals surface area contributed by atoms with E-state index in [9.17, 15) is 0 Å². The number of hydrogen-bond acceptors (Lipinski definition) is 0. The Hall–Kier alpha value is -0.950. The summed E-state index contributed by atoms with van der Waals surface area (Å²) in [4.78, 5) is 2.68. The smallest absolute Gasteiger partial charge is 0.0989 e. The van der Waals surface area contributed by atoms with Crippen molar-refractivity contribution in [1.82, 2.24) is 0 Å². The maximum Gasteiger partial charge on any atom is 0.157 e. The molecule has 0 fully saturated rings. The van der Waals surface area contributed by atoms with Crippen LogP contribution in [-0.2, 0) is 11.8 Å². The van der Waals surface area contributed by atoms with Gasteiger partial charge in [0.25, 0.3) is 0 Å². The van der Waals surface area contributed by atoms with E-state index in [1.165, 1.54) is 34.4 Å². The molecule has 18 heavy (non-hydrogen) atoms. The Kier molecular flexibility index (Phi) is 17.3. The molecule has 0 unspecified atom stereocenters. The van der Waals surface area contributed by atoms with Gasteiger partial charge in [-0.05, 0) is 44.1 Å². The van der Waals surface area contributed by atoms with Crippen LogP contribution in [0.2, 0.25) is 0 Å². The van der Waals surface area contributed by atoms with Gasteiger partial charge in [-0.25, -0.2) is 0 Å². The summed E-state index contributed by atoms with van der Waals surface area (Å²) in [5.74, 6) is 0. The van der Waals surface area contributed by atoms with Gasteiger partial charge in [0.05, 0.1) is 0 Å². The Morgan fingerprint density at radius 1 is 1.22 bits per heavy atom. The number of thiol groups is 1. The van der Waals surface area contributed by atoms with E-state index in [-0.39, 0.29) is 0 Å². The van der Waals surface area contributed by atoms with Gasteiger partial charge in [0.2, 0.25) is 0 Å². The molecule has 1 aliphatic rings. The topological polar surface area (TPSA) is 0 Å². The zero-order valence-electron chi connectivity index (χ0n) is 12.6. The van der Waals surface area contributed by atoms with Gasteiger partial charge in [0, 0.05) is 11.8 Å². The van der Waals surface area contributed by atoms with Crippen LogP contribution in [0, 0.1) is 0 Å². The molecule has 0 atom stereocenters. The third kappa shape index (κ3) is 10.2. The Bertz CT molecular complexity index is 304. The maximum atomic E-state index is 3.72. The molecular formula is C17H29S+. The van der Waals surface area contributed by atoms with E-state index in [1.807, 2.05) is 40.7 Å². The summed E-state index contributed by atoms with van der Waals surface area (Å²) in [6, 6.07) is 0. The number of hydrogen-bond donors (Lipinski definition) is 0. The Morgan fingerprint density at radius 3 is 2.33 bits per heavy atom. The second kappa shape index (κ2) is 16.1. The summed E-state index contributed by atoms with van der Waals surface area (Å²) in [5.41, 5.74) is 0. The molecule has 1 aliphatic carbocycles. The first kappa shape index (κ1) is 19.4. The fourth-order valence-corrected chi connectivity index (χ4v) is 2.36. The second-order valence-electron chi connectivity index (χ2n) is 3.05. The predicted molar refractivity (Wildman–Crippen MR) is 91.0 cm³/mol. The first-order chi connectivity index (χ1) is 8.86. The maximum absolute atomic E-state index is 3.72. The van der Waals surface area contributed by atoms with Crippen molar-refractivity contribution >= 4 is 11.8 Å². The summed E-state index contributed by atoms with van der Waals surface area (Å²) in [7, 11) is 0. The fourth-order valence-electron chi connectivity index (χ4n) is 1.25. The van der Waals surface area contributed by atoms with Gasteiger partial charge >= 0.3 is 0 Å². The molecule has 0 aromatic heterocycles. The van der Waals surface area contributed by atoms with E-state index < -0.39 is 0 Å². The molecular weight excluding hydrogens is 236 g/mol. The lowest BCUT2D eigenvalue weighted by Crippen LogP contribution is -1.90. The summed E-state index contributed by atoms with van der Waals surface area (Å²) in [6.07, 6.45) is 17.2. The first-order valence-electron chi connectivity index (χ1n) is 6.90. The lowest BCUT2D eigenvalue weighted by molar-refractivity contribution is 1.03. The van der Waals surface area contributed by atoms with Gasteiger partial charge in [-0.1, -0.05) is 52.5 Å². The van der Waals surface area contributed by atoms with E-state index in [0.717, 1.165) is 0 Å². The normalized spacial score (nSPS) is 14.1. The monoisotopic (exact) mass is 265 g/mol. The average Bonchev–Trinajstić information content (AvgIpc) is 2.45. The molecule has 0 aliphatic heterocycles. The fraction of sp³-hybridized carbons (Fsp3) is 0.412. The van der Waals surface area contributed by atoms with E-state index in [4.69, 9.17) is 0 Å². The highest BCUT2D eigenvalue weighted by molar-refractivity contribution is 7.87. The molecule has 0 saturated carbocycles. The third-order valence-electron chi connectivity index (χ3n) is 1.86. The van der Waals surface area contributed by atoms with Crippen molar-refractivity contribution in [3.05, 3.63) is 58.9 Å². The van der Waals surface area contributed by atoms with Crippen LogP contribution in [0.3, 0.4) is 0 Å². The van der Waals surface area contributed by atoms with Crippen molar-refractivity contribution in [2.75, 3.05) is 0 Å². The van der Waals surface area contributed by atoms with E-state index in [1.54, 1.807) is 0 Å². The summed E-state index contributed by atoms with van der Waals surface area (Å²) in [5, 5.41) is 0. The molecule has 102 valence electrons. The summed E-state index contributed by atoms with van der Waals surface area (Å²) in [6.45, 7) is 13.8. The molecule has 0 nitrogen and oxygen atoms in total. The minimum atomic E-state index is 1.18. The average molecular weight is 265 g/mol. The van der Waals surface area contributed by atoms with Crippen molar-refractivity contribution in [3.8, 4) is 0 Å². The highest BCUT2D eigenvalue weighted by Gasteiger charge is 2.09. The van der Waals surface area contributed by atoms with Crippen LogP contribution >= 0.6 is 0 Å². The summed E-state index contributed by atoms with van der Waals surface area (Å²) >= 11 is 1.28. The largest absolute Gasteiger partial charge is 0.157 e. The zero-order valence-corrected chi connectivity index (χ0v) is 13.5.